The molecule has 31 heavy (non-hydrogen) atoms. The molecule has 0 radical (unpaired) electrons. The summed E-state index contributed by atoms with van der Waals surface area (Å²) in [6, 6.07) is 16.5. The van der Waals surface area contributed by atoms with Gasteiger partial charge in [-0.25, -0.2) is 0 Å². The average Bonchev–Trinajstić information content (AvgIpc) is 3.07. The third-order valence-corrected chi connectivity index (χ3v) is 5.19. The van der Waals surface area contributed by atoms with Gasteiger partial charge in [0.2, 0.25) is 5.78 Å². The van der Waals surface area contributed by atoms with Crippen LogP contribution in [0.1, 0.15) is 27.0 Å². The minimum Gasteiger partial charge on any atom is -0.493 e. The number of methoxy groups -OCH3 is 2. The Bertz CT molecular complexity index is 1180. The molecule has 3 aromatic rings. The quantitative estimate of drug-likeness (QED) is 0.453. The predicted molar refractivity (Wildman–Crippen MR) is 119 cm³/mol. The number of allylic oxidation sites excluding steroid dienone is 1. The summed E-state index contributed by atoms with van der Waals surface area (Å²) in [7, 11) is 3.12. The SMILES string of the molecule is COc1cccc(/C=C2\Oc3cc(OCc4cccc(Cl)c4)cc(C)c3C2=O)c1OC. The van der Waals surface area contributed by atoms with Crippen molar-refractivity contribution in [2.24, 2.45) is 0 Å². The molecule has 0 amide bonds. The Morgan fingerprint density at radius 3 is 2.58 bits per heavy atom. The highest BCUT2D eigenvalue weighted by Crippen LogP contribution is 2.39. The second kappa shape index (κ2) is 8.74. The lowest BCUT2D eigenvalue weighted by molar-refractivity contribution is 0.101. The van der Waals surface area contributed by atoms with Gasteiger partial charge in [0.25, 0.3) is 0 Å². The van der Waals surface area contributed by atoms with Crippen LogP contribution in [-0.2, 0) is 6.61 Å². The fraction of sp³-hybridized carbons (Fsp3) is 0.160. The molecule has 0 atom stereocenters. The molecule has 0 fully saturated rings. The summed E-state index contributed by atoms with van der Waals surface area (Å²) in [5.74, 6) is 2.23. The monoisotopic (exact) mass is 436 g/mol. The first-order valence-corrected chi connectivity index (χ1v) is 10.0. The molecule has 0 aliphatic carbocycles. The van der Waals surface area contributed by atoms with Crippen molar-refractivity contribution in [1.82, 2.24) is 0 Å². The number of fused-ring (bicyclic) bond motifs is 1. The zero-order valence-electron chi connectivity index (χ0n) is 17.4. The summed E-state index contributed by atoms with van der Waals surface area (Å²) in [6.45, 7) is 2.22. The van der Waals surface area contributed by atoms with Crippen molar-refractivity contribution in [3.8, 4) is 23.0 Å². The van der Waals surface area contributed by atoms with Crippen LogP contribution in [0.15, 0.2) is 60.4 Å². The van der Waals surface area contributed by atoms with E-state index in [0.717, 1.165) is 11.1 Å². The van der Waals surface area contributed by atoms with Crippen molar-refractivity contribution in [1.29, 1.82) is 0 Å². The highest BCUT2D eigenvalue weighted by molar-refractivity contribution is 6.30. The van der Waals surface area contributed by atoms with Crippen molar-refractivity contribution in [2.75, 3.05) is 14.2 Å². The highest BCUT2D eigenvalue weighted by atomic mass is 35.5. The van der Waals surface area contributed by atoms with Crippen LogP contribution in [0.5, 0.6) is 23.0 Å². The van der Waals surface area contributed by atoms with Gasteiger partial charge >= 0.3 is 0 Å². The molecule has 1 aliphatic heterocycles. The first-order valence-electron chi connectivity index (χ1n) is 9.67. The van der Waals surface area contributed by atoms with Crippen LogP contribution in [0, 0.1) is 6.92 Å². The van der Waals surface area contributed by atoms with Crippen LogP contribution < -0.4 is 18.9 Å². The van der Waals surface area contributed by atoms with E-state index in [-0.39, 0.29) is 11.5 Å². The molecule has 1 aliphatic rings. The fourth-order valence-corrected chi connectivity index (χ4v) is 3.73. The maximum atomic E-state index is 13.0. The van der Waals surface area contributed by atoms with E-state index in [4.69, 9.17) is 30.5 Å². The van der Waals surface area contributed by atoms with E-state index >= 15 is 0 Å². The van der Waals surface area contributed by atoms with Crippen molar-refractivity contribution in [3.63, 3.8) is 0 Å². The molecule has 0 bridgehead atoms. The maximum absolute atomic E-state index is 13.0. The molecule has 0 N–H and O–H groups in total. The molecule has 1 heterocycles. The molecule has 0 saturated heterocycles. The summed E-state index contributed by atoms with van der Waals surface area (Å²) >= 11 is 6.03. The van der Waals surface area contributed by atoms with Crippen LogP contribution in [-0.4, -0.2) is 20.0 Å². The molecule has 0 unspecified atom stereocenters. The van der Waals surface area contributed by atoms with E-state index in [9.17, 15) is 4.79 Å². The van der Waals surface area contributed by atoms with Gasteiger partial charge in [0.15, 0.2) is 17.3 Å². The smallest absolute Gasteiger partial charge is 0.232 e. The number of halogens is 1. The van der Waals surface area contributed by atoms with Crippen LogP contribution in [0.25, 0.3) is 6.08 Å². The van der Waals surface area contributed by atoms with Gasteiger partial charge in [-0.3, -0.25) is 4.79 Å². The Hall–Kier alpha value is -3.44. The van der Waals surface area contributed by atoms with Crippen molar-refractivity contribution in [2.45, 2.75) is 13.5 Å². The van der Waals surface area contributed by atoms with Gasteiger partial charge in [-0.15, -0.1) is 0 Å². The molecule has 6 heteroatoms. The standard InChI is InChI=1S/C25H21ClO5/c1-15-10-19(30-14-16-6-4-8-18(26)11-16)13-21-23(15)24(27)22(31-21)12-17-7-5-9-20(28-2)25(17)29-3/h4-13H,14H2,1-3H3/b22-12-. The Balaban J connectivity index is 1.60. The van der Waals surface area contributed by atoms with Gasteiger partial charge in [0, 0.05) is 16.7 Å². The summed E-state index contributed by atoms with van der Waals surface area (Å²) in [4.78, 5) is 13.0. The number of Topliss-reactive ketones (excluding diaryl/α,β-unsaturated/α-hetero) is 1. The molecular formula is C25H21ClO5. The summed E-state index contributed by atoms with van der Waals surface area (Å²) in [5, 5.41) is 0.655. The van der Waals surface area contributed by atoms with Crippen molar-refractivity contribution >= 4 is 23.5 Å². The average molecular weight is 437 g/mol. The fourth-order valence-electron chi connectivity index (χ4n) is 3.52. The second-order valence-electron chi connectivity index (χ2n) is 7.05. The zero-order chi connectivity index (χ0) is 22.0. The van der Waals surface area contributed by atoms with Crippen LogP contribution in [0.2, 0.25) is 5.02 Å². The number of aryl methyl sites for hydroxylation is 1. The molecule has 5 nitrogen and oxygen atoms in total. The summed E-state index contributed by atoms with van der Waals surface area (Å²) in [5.41, 5.74) is 2.95. The minimum atomic E-state index is -0.182. The number of hydrogen-bond donors (Lipinski definition) is 0. The third kappa shape index (κ3) is 4.23. The Labute approximate surface area is 185 Å². The Kier molecular flexibility index (Phi) is 5.87. The molecule has 4 rings (SSSR count). The molecular weight excluding hydrogens is 416 g/mol. The second-order valence-corrected chi connectivity index (χ2v) is 7.49. The topological polar surface area (TPSA) is 54.0 Å². The van der Waals surface area contributed by atoms with E-state index in [0.29, 0.717) is 45.8 Å². The number of ether oxygens (including phenoxy) is 4. The van der Waals surface area contributed by atoms with E-state index in [1.54, 1.807) is 32.4 Å². The van der Waals surface area contributed by atoms with E-state index < -0.39 is 0 Å². The number of carbonyl (C=O) groups is 1. The highest BCUT2D eigenvalue weighted by Gasteiger charge is 2.30. The van der Waals surface area contributed by atoms with Gasteiger partial charge < -0.3 is 18.9 Å². The largest absolute Gasteiger partial charge is 0.493 e. The summed E-state index contributed by atoms with van der Waals surface area (Å²) < 4.78 is 22.6. The number of rotatable bonds is 6. The van der Waals surface area contributed by atoms with Gasteiger partial charge in [-0.05, 0) is 48.4 Å². The number of hydrogen-bond acceptors (Lipinski definition) is 5. The van der Waals surface area contributed by atoms with Crippen LogP contribution >= 0.6 is 11.6 Å². The Morgan fingerprint density at radius 2 is 1.84 bits per heavy atom. The molecule has 0 spiro atoms. The molecule has 3 aromatic carbocycles. The maximum Gasteiger partial charge on any atom is 0.232 e. The van der Waals surface area contributed by atoms with Gasteiger partial charge in [-0.1, -0.05) is 35.9 Å². The van der Waals surface area contributed by atoms with Gasteiger partial charge in [0.1, 0.15) is 18.1 Å². The lowest BCUT2D eigenvalue weighted by Gasteiger charge is -2.10. The summed E-state index contributed by atoms with van der Waals surface area (Å²) in [6.07, 6.45) is 1.66. The first kappa shape index (κ1) is 20.8. The lowest BCUT2D eigenvalue weighted by atomic mass is 10.0. The van der Waals surface area contributed by atoms with Gasteiger partial charge in [-0.2, -0.15) is 0 Å². The Morgan fingerprint density at radius 1 is 1.03 bits per heavy atom. The number of ketones is 1. The molecule has 0 saturated carbocycles. The van der Waals surface area contributed by atoms with E-state index in [1.807, 2.05) is 49.4 Å². The minimum absolute atomic E-state index is 0.182. The number of benzene rings is 3. The van der Waals surface area contributed by atoms with Gasteiger partial charge in [0.05, 0.1) is 19.8 Å². The lowest BCUT2D eigenvalue weighted by Crippen LogP contribution is -2.01. The first-order chi connectivity index (χ1) is 15.0. The normalized spacial score (nSPS) is 13.7. The number of carbonyl (C=O) groups excluding carboxylic acids is 1. The van der Waals surface area contributed by atoms with Crippen molar-refractivity contribution in [3.05, 3.63) is 87.6 Å². The predicted octanol–water partition coefficient (Wildman–Crippen LogP) is 5.86. The van der Waals surface area contributed by atoms with Crippen LogP contribution in [0.4, 0.5) is 0 Å². The van der Waals surface area contributed by atoms with E-state index in [1.165, 1.54) is 0 Å². The molecule has 158 valence electrons. The third-order valence-electron chi connectivity index (χ3n) is 4.96. The van der Waals surface area contributed by atoms with Crippen LogP contribution in [0.3, 0.4) is 0 Å². The van der Waals surface area contributed by atoms with E-state index in [2.05, 4.69) is 0 Å². The van der Waals surface area contributed by atoms with Crippen molar-refractivity contribution < 1.29 is 23.7 Å². The molecule has 0 aromatic heterocycles. The zero-order valence-corrected chi connectivity index (χ0v) is 18.2. The number of para-hydroxylation sites is 1.